The lowest BCUT2D eigenvalue weighted by Crippen LogP contribution is -2.05. The lowest BCUT2D eigenvalue weighted by Gasteiger charge is -2.26. The van der Waals surface area contributed by atoms with Crippen molar-refractivity contribution < 1.29 is 0 Å². The first-order valence-electron chi connectivity index (χ1n) is 11.9. The van der Waals surface area contributed by atoms with Gasteiger partial charge < -0.3 is 21.3 Å². The molecule has 0 fully saturated rings. The van der Waals surface area contributed by atoms with Crippen molar-refractivity contribution in [3.8, 4) is 0 Å². The average molecular weight is 483 g/mol. The van der Waals surface area contributed by atoms with Crippen LogP contribution in [0.3, 0.4) is 0 Å². The molecule has 35 heavy (non-hydrogen) atoms. The molecule has 0 saturated carbocycles. The molecule has 0 atom stereocenters. The van der Waals surface area contributed by atoms with Gasteiger partial charge in [-0.25, -0.2) is 0 Å². The summed E-state index contributed by atoms with van der Waals surface area (Å²) >= 11 is 1.97. The lowest BCUT2D eigenvalue weighted by molar-refractivity contribution is 1.10. The van der Waals surface area contributed by atoms with Crippen LogP contribution >= 0.6 is 11.8 Å². The van der Waals surface area contributed by atoms with Crippen LogP contribution < -0.4 is 21.3 Å². The predicted molar refractivity (Wildman–Crippen MR) is 155 cm³/mol. The third-order valence-corrected chi connectivity index (χ3v) is 7.91. The number of nitrogens with one attached hydrogen (secondary N) is 4. The maximum Gasteiger partial charge on any atom is 0.0556 e. The molecule has 0 spiro atoms. The van der Waals surface area contributed by atoms with Gasteiger partial charge in [-0.2, -0.15) is 0 Å². The van der Waals surface area contributed by atoms with E-state index in [0.29, 0.717) is 0 Å². The molecule has 4 aromatic carbocycles. The summed E-state index contributed by atoms with van der Waals surface area (Å²) in [5.41, 5.74) is 9.61. The molecule has 5 heteroatoms. The van der Waals surface area contributed by atoms with Crippen LogP contribution in [0.5, 0.6) is 0 Å². The van der Waals surface area contributed by atoms with Crippen LogP contribution in [-0.2, 0) is 0 Å². The summed E-state index contributed by atoms with van der Waals surface area (Å²) in [6, 6.07) is 35.1. The van der Waals surface area contributed by atoms with Crippen molar-refractivity contribution in [1.82, 2.24) is 0 Å². The number of hydrogen-bond acceptors (Lipinski definition) is 5. The Kier molecular flexibility index (Phi) is 8.22. The van der Waals surface area contributed by atoms with E-state index in [-0.39, 0.29) is 10.5 Å². The van der Waals surface area contributed by atoms with Crippen molar-refractivity contribution in [2.24, 2.45) is 0 Å². The molecule has 0 unspecified atom stereocenters. The van der Waals surface area contributed by atoms with Crippen LogP contribution in [0.25, 0.3) is 0 Å². The highest BCUT2D eigenvalue weighted by Gasteiger charge is 2.24. The van der Waals surface area contributed by atoms with Gasteiger partial charge in [-0.1, -0.05) is 48.5 Å². The van der Waals surface area contributed by atoms with Gasteiger partial charge in [0, 0.05) is 50.9 Å². The van der Waals surface area contributed by atoms with Crippen molar-refractivity contribution in [3.63, 3.8) is 0 Å². The Labute approximate surface area is 213 Å². The van der Waals surface area contributed by atoms with Crippen LogP contribution in [0.4, 0.5) is 22.7 Å². The van der Waals surface area contributed by atoms with E-state index in [0.717, 1.165) is 22.7 Å². The van der Waals surface area contributed by atoms with Crippen LogP contribution in [-0.4, -0.2) is 28.2 Å². The Morgan fingerprint density at radius 1 is 0.371 bits per heavy atom. The standard InChI is InChI=1S/C30H34N4S/c1-31-25-13-5-21(6-14-25)29(22-7-15-26(32-2)16-8-22)35-30(23-9-17-27(33-3)18-10-23)24-11-19-28(34-4)20-12-24/h5-20,29-34H,1-4H3. The van der Waals surface area contributed by atoms with E-state index < -0.39 is 0 Å². The summed E-state index contributed by atoms with van der Waals surface area (Å²) in [6.45, 7) is 0. The van der Waals surface area contributed by atoms with Crippen LogP contribution in [0.1, 0.15) is 32.8 Å². The van der Waals surface area contributed by atoms with E-state index in [4.69, 9.17) is 0 Å². The highest BCUT2D eigenvalue weighted by atomic mass is 32.2. The minimum absolute atomic E-state index is 0.171. The zero-order chi connectivity index (χ0) is 24.6. The van der Waals surface area contributed by atoms with Crippen LogP contribution in [0.2, 0.25) is 0 Å². The molecule has 0 bridgehead atoms. The molecule has 4 N–H and O–H groups in total. The molecule has 4 nitrogen and oxygen atoms in total. The van der Waals surface area contributed by atoms with Crippen molar-refractivity contribution in [2.45, 2.75) is 10.5 Å². The fourth-order valence-corrected chi connectivity index (χ4v) is 5.66. The Morgan fingerprint density at radius 3 is 0.743 bits per heavy atom. The summed E-state index contributed by atoms with van der Waals surface area (Å²) < 4.78 is 0. The van der Waals surface area contributed by atoms with E-state index in [9.17, 15) is 0 Å². The Morgan fingerprint density at radius 2 is 0.571 bits per heavy atom. The largest absolute Gasteiger partial charge is 0.388 e. The normalized spacial score (nSPS) is 10.9. The summed E-state index contributed by atoms with van der Waals surface area (Å²) in [4.78, 5) is 0. The fourth-order valence-electron chi connectivity index (χ4n) is 4.13. The summed E-state index contributed by atoms with van der Waals surface area (Å²) in [7, 11) is 7.82. The number of rotatable bonds is 10. The van der Waals surface area contributed by atoms with E-state index >= 15 is 0 Å². The maximum atomic E-state index is 3.24. The van der Waals surface area contributed by atoms with Gasteiger partial charge in [0.25, 0.3) is 0 Å². The molecule has 0 saturated heterocycles. The topological polar surface area (TPSA) is 48.1 Å². The molecular formula is C30H34N4S. The SMILES string of the molecule is CNc1ccc(C(SC(c2ccc(NC)cc2)c2ccc(NC)cc2)c2ccc(NC)cc2)cc1. The minimum atomic E-state index is 0.171. The highest BCUT2D eigenvalue weighted by Crippen LogP contribution is 2.48. The van der Waals surface area contributed by atoms with Gasteiger partial charge >= 0.3 is 0 Å². The zero-order valence-electron chi connectivity index (χ0n) is 20.8. The molecule has 0 aliphatic heterocycles. The monoisotopic (exact) mass is 482 g/mol. The maximum absolute atomic E-state index is 3.24. The first kappa shape index (κ1) is 24.6. The second-order valence-corrected chi connectivity index (χ2v) is 9.60. The van der Waals surface area contributed by atoms with Crippen molar-refractivity contribution >= 4 is 34.5 Å². The molecular weight excluding hydrogens is 448 g/mol. The van der Waals surface area contributed by atoms with Crippen molar-refractivity contribution in [2.75, 3.05) is 49.5 Å². The van der Waals surface area contributed by atoms with Gasteiger partial charge in [-0.15, -0.1) is 11.8 Å². The number of hydrogen-bond donors (Lipinski definition) is 4. The van der Waals surface area contributed by atoms with Gasteiger partial charge in [-0.05, 0) is 70.8 Å². The summed E-state index contributed by atoms with van der Waals surface area (Å²) in [5, 5.41) is 13.3. The first-order valence-corrected chi connectivity index (χ1v) is 12.9. The van der Waals surface area contributed by atoms with E-state index in [1.165, 1.54) is 22.3 Å². The third kappa shape index (κ3) is 5.92. The van der Waals surface area contributed by atoms with Gasteiger partial charge in [0.15, 0.2) is 0 Å². The van der Waals surface area contributed by atoms with Gasteiger partial charge in [0.2, 0.25) is 0 Å². The first-order chi connectivity index (χ1) is 17.1. The molecule has 4 rings (SSSR count). The van der Waals surface area contributed by atoms with Gasteiger partial charge in [0.05, 0.1) is 10.5 Å². The zero-order valence-corrected chi connectivity index (χ0v) is 21.6. The molecule has 0 amide bonds. The average Bonchev–Trinajstić information content (AvgIpc) is 2.94. The predicted octanol–water partition coefficient (Wildman–Crippen LogP) is 7.47. The number of thioether (sulfide) groups is 1. The van der Waals surface area contributed by atoms with Gasteiger partial charge in [-0.3, -0.25) is 0 Å². The van der Waals surface area contributed by atoms with Crippen LogP contribution in [0.15, 0.2) is 97.1 Å². The summed E-state index contributed by atoms with van der Waals surface area (Å²) in [5.74, 6) is 0. The Balaban J connectivity index is 1.77. The van der Waals surface area contributed by atoms with Crippen molar-refractivity contribution in [1.29, 1.82) is 0 Å². The minimum Gasteiger partial charge on any atom is -0.388 e. The van der Waals surface area contributed by atoms with E-state index in [1.807, 2.05) is 40.0 Å². The second-order valence-electron chi connectivity index (χ2n) is 8.38. The second kappa shape index (κ2) is 11.7. The smallest absolute Gasteiger partial charge is 0.0556 e. The third-order valence-electron chi connectivity index (χ3n) is 6.28. The Hall–Kier alpha value is -3.57. The molecule has 0 heterocycles. The van der Waals surface area contributed by atoms with Crippen LogP contribution in [0, 0.1) is 0 Å². The molecule has 0 aliphatic carbocycles. The molecule has 0 aliphatic rings. The molecule has 0 radical (unpaired) electrons. The molecule has 0 aromatic heterocycles. The lowest BCUT2D eigenvalue weighted by atomic mass is 10.0. The fraction of sp³-hybridized carbons (Fsp3) is 0.200. The van der Waals surface area contributed by atoms with Gasteiger partial charge in [0.1, 0.15) is 0 Å². The van der Waals surface area contributed by atoms with E-state index in [2.05, 4.69) is 118 Å². The Bertz CT molecular complexity index is 995. The van der Waals surface area contributed by atoms with Crippen molar-refractivity contribution in [3.05, 3.63) is 119 Å². The summed E-state index contributed by atoms with van der Waals surface area (Å²) in [6.07, 6.45) is 0. The quantitative estimate of drug-likeness (QED) is 0.189. The highest BCUT2D eigenvalue weighted by molar-refractivity contribution is 8.00. The number of anilines is 4. The number of benzene rings is 4. The molecule has 180 valence electrons. The molecule has 4 aromatic rings. The van der Waals surface area contributed by atoms with E-state index in [1.54, 1.807) is 0 Å².